The minimum absolute atomic E-state index is 0.228. The van der Waals surface area contributed by atoms with Crippen molar-refractivity contribution in [1.82, 2.24) is 0 Å². The average molecular weight is 275 g/mol. The molecule has 0 spiro atoms. The van der Waals surface area contributed by atoms with E-state index in [1.165, 1.54) is 17.2 Å². The van der Waals surface area contributed by atoms with Gasteiger partial charge in [-0.05, 0) is 67.1 Å². The van der Waals surface area contributed by atoms with Crippen LogP contribution in [0.2, 0.25) is 0 Å². The van der Waals surface area contributed by atoms with Crippen molar-refractivity contribution in [2.75, 3.05) is 0 Å². The Morgan fingerprint density at radius 3 is 2.40 bits per heavy atom. The number of nitrogens with two attached hydrogens (primary N) is 1. The Morgan fingerprint density at radius 1 is 0.950 bits per heavy atom. The molecule has 2 N–H and O–H groups in total. The van der Waals surface area contributed by atoms with Gasteiger partial charge in [-0.2, -0.15) is 0 Å². The van der Waals surface area contributed by atoms with Crippen LogP contribution in [-0.4, -0.2) is 6.04 Å². The SMILES string of the molecule is Cc1ccc(CC(N)Cc2cc(F)ccc2F)cc1C. The van der Waals surface area contributed by atoms with Gasteiger partial charge in [0.05, 0.1) is 0 Å². The van der Waals surface area contributed by atoms with Gasteiger partial charge in [0.25, 0.3) is 0 Å². The minimum atomic E-state index is -0.431. The molecular weight excluding hydrogens is 256 g/mol. The molecule has 0 aromatic heterocycles. The van der Waals surface area contributed by atoms with Crippen LogP contribution in [0, 0.1) is 25.5 Å². The number of hydrogen-bond donors (Lipinski definition) is 1. The fourth-order valence-corrected chi connectivity index (χ4v) is 2.29. The zero-order valence-electron chi connectivity index (χ0n) is 11.8. The molecule has 2 aromatic rings. The van der Waals surface area contributed by atoms with Crippen LogP contribution in [-0.2, 0) is 12.8 Å². The molecule has 0 saturated heterocycles. The Balaban J connectivity index is 2.06. The first-order chi connectivity index (χ1) is 9.45. The predicted molar refractivity (Wildman–Crippen MR) is 77.7 cm³/mol. The molecule has 1 nitrogen and oxygen atoms in total. The molecule has 2 rings (SSSR count). The van der Waals surface area contributed by atoms with Crippen LogP contribution >= 0.6 is 0 Å². The highest BCUT2D eigenvalue weighted by atomic mass is 19.1. The van der Waals surface area contributed by atoms with Gasteiger partial charge >= 0.3 is 0 Å². The molecule has 0 bridgehead atoms. The smallest absolute Gasteiger partial charge is 0.126 e. The van der Waals surface area contributed by atoms with Crippen molar-refractivity contribution in [2.24, 2.45) is 5.73 Å². The highest BCUT2D eigenvalue weighted by molar-refractivity contribution is 5.30. The summed E-state index contributed by atoms with van der Waals surface area (Å²) in [5.74, 6) is -0.832. The van der Waals surface area contributed by atoms with E-state index in [1.807, 2.05) is 6.07 Å². The van der Waals surface area contributed by atoms with Crippen molar-refractivity contribution in [3.63, 3.8) is 0 Å². The lowest BCUT2D eigenvalue weighted by atomic mass is 9.97. The molecule has 0 aliphatic heterocycles. The molecule has 0 aliphatic carbocycles. The van der Waals surface area contributed by atoms with Gasteiger partial charge in [0.15, 0.2) is 0 Å². The van der Waals surface area contributed by atoms with E-state index >= 15 is 0 Å². The van der Waals surface area contributed by atoms with Crippen molar-refractivity contribution in [2.45, 2.75) is 32.7 Å². The molecule has 1 unspecified atom stereocenters. The van der Waals surface area contributed by atoms with Crippen LogP contribution < -0.4 is 5.73 Å². The molecule has 0 radical (unpaired) electrons. The quantitative estimate of drug-likeness (QED) is 0.904. The molecular formula is C17H19F2N. The lowest BCUT2D eigenvalue weighted by Gasteiger charge is -2.13. The fraction of sp³-hybridized carbons (Fsp3) is 0.294. The zero-order valence-corrected chi connectivity index (χ0v) is 11.8. The van der Waals surface area contributed by atoms with Crippen LogP contribution in [0.5, 0.6) is 0 Å². The largest absolute Gasteiger partial charge is 0.327 e. The van der Waals surface area contributed by atoms with E-state index in [0.717, 1.165) is 17.7 Å². The summed E-state index contributed by atoms with van der Waals surface area (Å²) in [5, 5.41) is 0. The Kier molecular flexibility index (Phi) is 4.50. The van der Waals surface area contributed by atoms with Gasteiger partial charge in [-0.1, -0.05) is 18.2 Å². The first-order valence-corrected chi connectivity index (χ1v) is 6.71. The standard InChI is InChI=1S/C17H19F2N/c1-11-3-4-13(7-12(11)2)8-16(20)10-14-9-15(18)5-6-17(14)19/h3-7,9,16H,8,10,20H2,1-2H3. The van der Waals surface area contributed by atoms with Crippen molar-refractivity contribution >= 4 is 0 Å². The summed E-state index contributed by atoms with van der Waals surface area (Å²) >= 11 is 0. The minimum Gasteiger partial charge on any atom is -0.327 e. The summed E-state index contributed by atoms with van der Waals surface area (Å²) in [6.07, 6.45) is 0.980. The van der Waals surface area contributed by atoms with Crippen LogP contribution in [0.4, 0.5) is 8.78 Å². The van der Waals surface area contributed by atoms with Crippen molar-refractivity contribution in [3.05, 3.63) is 70.3 Å². The second-order valence-corrected chi connectivity index (χ2v) is 5.32. The van der Waals surface area contributed by atoms with Crippen molar-refractivity contribution in [1.29, 1.82) is 0 Å². The molecule has 106 valence electrons. The highest BCUT2D eigenvalue weighted by Gasteiger charge is 2.10. The Labute approximate surface area is 118 Å². The topological polar surface area (TPSA) is 26.0 Å². The van der Waals surface area contributed by atoms with Crippen LogP contribution in [0.3, 0.4) is 0 Å². The van der Waals surface area contributed by atoms with Gasteiger partial charge < -0.3 is 5.73 Å². The van der Waals surface area contributed by atoms with E-state index in [4.69, 9.17) is 5.73 Å². The van der Waals surface area contributed by atoms with E-state index in [2.05, 4.69) is 26.0 Å². The Morgan fingerprint density at radius 2 is 1.70 bits per heavy atom. The normalized spacial score (nSPS) is 12.4. The van der Waals surface area contributed by atoms with Crippen molar-refractivity contribution in [3.8, 4) is 0 Å². The molecule has 20 heavy (non-hydrogen) atoms. The number of hydrogen-bond acceptors (Lipinski definition) is 1. The average Bonchev–Trinajstić information content (AvgIpc) is 2.38. The number of rotatable bonds is 4. The molecule has 1 atom stereocenters. The van der Waals surface area contributed by atoms with E-state index in [1.54, 1.807) is 0 Å². The van der Waals surface area contributed by atoms with E-state index in [-0.39, 0.29) is 6.04 Å². The molecule has 3 heteroatoms. The highest BCUT2D eigenvalue weighted by Crippen LogP contribution is 2.15. The lowest BCUT2D eigenvalue weighted by Crippen LogP contribution is -2.26. The second kappa shape index (κ2) is 6.14. The van der Waals surface area contributed by atoms with Gasteiger partial charge in [0.1, 0.15) is 11.6 Å². The number of aryl methyl sites for hydroxylation is 2. The number of halogens is 2. The van der Waals surface area contributed by atoms with Gasteiger partial charge in [-0.15, -0.1) is 0 Å². The summed E-state index contributed by atoms with van der Waals surface area (Å²) in [4.78, 5) is 0. The third kappa shape index (κ3) is 3.64. The maximum Gasteiger partial charge on any atom is 0.126 e. The molecule has 0 heterocycles. The molecule has 0 fully saturated rings. The second-order valence-electron chi connectivity index (χ2n) is 5.32. The molecule has 0 amide bonds. The van der Waals surface area contributed by atoms with Gasteiger partial charge in [0.2, 0.25) is 0 Å². The van der Waals surface area contributed by atoms with Gasteiger partial charge in [0, 0.05) is 6.04 Å². The monoisotopic (exact) mass is 275 g/mol. The first kappa shape index (κ1) is 14.7. The molecule has 0 saturated carbocycles. The third-order valence-electron chi connectivity index (χ3n) is 3.56. The number of benzene rings is 2. The summed E-state index contributed by atoms with van der Waals surface area (Å²) in [5.41, 5.74) is 9.96. The maximum atomic E-state index is 13.6. The third-order valence-corrected chi connectivity index (χ3v) is 3.56. The maximum absolute atomic E-state index is 13.6. The van der Waals surface area contributed by atoms with E-state index in [0.29, 0.717) is 18.4 Å². The molecule has 2 aromatic carbocycles. The summed E-state index contributed by atoms with van der Waals surface area (Å²) < 4.78 is 26.7. The van der Waals surface area contributed by atoms with Gasteiger partial charge in [-0.25, -0.2) is 8.78 Å². The first-order valence-electron chi connectivity index (χ1n) is 6.71. The summed E-state index contributed by atoms with van der Waals surface area (Å²) in [6, 6.07) is 9.44. The predicted octanol–water partition coefficient (Wildman–Crippen LogP) is 3.69. The van der Waals surface area contributed by atoms with Crippen molar-refractivity contribution < 1.29 is 8.78 Å². The van der Waals surface area contributed by atoms with Crippen LogP contribution in [0.15, 0.2) is 36.4 Å². The summed E-state index contributed by atoms with van der Waals surface area (Å²) in [7, 11) is 0. The Bertz CT molecular complexity index is 608. The van der Waals surface area contributed by atoms with E-state index < -0.39 is 11.6 Å². The van der Waals surface area contributed by atoms with Crippen LogP contribution in [0.25, 0.3) is 0 Å². The lowest BCUT2D eigenvalue weighted by molar-refractivity contribution is 0.566. The van der Waals surface area contributed by atoms with Gasteiger partial charge in [-0.3, -0.25) is 0 Å². The fourth-order valence-electron chi connectivity index (χ4n) is 2.29. The van der Waals surface area contributed by atoms with Crippen LogP contribution in [0.1, 0.15) is 22.3 Å². The van der Waals surface area contributed by atoms with E-state index in [9.17, 15) is 8.78 Å². The zero-order chi connectivity index (χ0) is 14.7. The Hall–Kier alpha value is -1.74. The molecule has 0 aliphatic rings. The summed E-state index contributed by atoms with van der Waals surface area (Å²) in [6.45, 7) is 4.11.